The van der Waals surface area contributed by atoms with E-state index >= 15 is 0 Å². The maximum atomic E-state index is 11.4. The Hall–Kier alpha value is -0.610. The summed E-state index contributed by atoms with van der Waals surface area (Å²) >= 11 is 0. The Morgan fingerprint density at radius 1 is 1.44 bits per heavy atom. The third-order valence-corrected chi connectivity index (χ3v) is 3.05. The molecule has 1 rings (SSSR count). The van der Waals surface area contributed by atoms with Gasteiger partial charge in [0, 0.05) is 6.42 Å². The summed E-state index contributed by atoms with van der Waals surface area (Å²) in [4.78, 5) is 11.4. The van der Waals surface area contributed by atoms with Crippen molar-refractivity contribution in [3.05, 3.63) is 0 Å². The van der Waals surface area contributed by atoms with E-state index in [1.54, 1.807) is 0 Å². The molecular weight excluding hydrogens is 208 g/mol. The average Bonchev–Trinajstić information content (AvgIpc) is 2.59. The van der Waals surface area contributed by atoms with E-state index in [2.05, 4.69) is 13.8 Å². The van der Waals surface area contributed by atoms with E-state index in [0.717, 1.165) is 12.8 Å². The number of rotatable bonds is 6. The van der Waals surface area contributed by atoms with E-state index in [-0.39, 0.29) is 12.6 Å². The number of carbonyl (C=O) groups excluding carboxylic acids is 1. The Morgan fingerprint density at radius 2 is 2.12 bits per heavy atom. The molecule has 0 bridgehead atoms. The molecule has 0 spiro atoms. The minimum absolute atomic E-state index is 0.152. The van der Waals surface area contributed by atoms with Crippen LogP contribution in [0, 0.1) is 11.8 Å². The van der Waals surface area contributed by atoms with Gasteiger partial charge in [0.1, 0.15) is 6.10 Å². The van der Waals surface area contributed by atoms with Gasteiger partial charge in [-0.2, -0.15) is 0 Å². The smallest absolute Gasteiger partial charge is 0.312 e. The summed E-state index contributed by atoms with van der Waals surface area (Å²) in [6.45, 7) is 4.12. The van der Waals surface area contributed by atoms with E-state index in [4.69, 9.17) is 9.84 Å². The first-order valence-corrected chi connectivity index (χ1v) is 6.04. The molecule has 0 aromatic rings. The first kappa shape index (κ1) is 13.5. The lowest BCUT2D eigenvalue weighted by Gasteiger charge is -2.14. The minimum Gasteiger partial charge on any atom is -0.460 e. The van der Waals surface area contributed by atoms with Crippen LogP contribution in [0.5, 0.6) is 0 Å². The third kappa shape index (κ3) is 3.76. The number of carbonyl (C=O) groups is 1. The largest absolute Gasteiger partial charge is 0.460 e. The van der Waals surface area contributed by atoms with E-state index in [0.29, 0.717) is 18.8 Å². The number of aliphatic hydroxyl groups is 2. The van der Waals surface area contributed by atoms with Crippen molar-refractivity contribution in [2.24, 2.45) is 11.8 Å². The molecule has 0 aromatic heterocycles. The normalized spacial score (nSPS) is 27.2. The molecule has 94 valence electrons. The van der Waals surface area contributed by atoms with Gasteiger partial charge in [0.15, 0.2) is 0 Å². The second-order valence-electron chi connectivity index (χ2n) is 4.98. The van der Waals surface area contributed by atoms with Gasteiger partial charge in [0.2, 0.25) is 0 Å². The fraction of sp³-hybridized carbons (Fsp3) is 0.917. The molecule has 1 heterocycles. The monoisotopic (exact) mass is 230 g/mol. The van der Waals surface area contributed by atoms with Gasteiger partial charge in [-0.1, -0.05) is 26.7 Å². The van der Waals surface area contributed by atoms with Crippen LogP contribution in [0.15, 0.2) is 0 Å². The molecule has 1 aliphatic heterocycles. The Kier molecular flexibility index (Phi) is 5.22. The van der Waals surface area contributed by atoms with Crippen LogP contribution in [0.1, 0.15) is 39.5 Å². The lowest BCUT2D eigenvalue weighted by molar-refractivity contribution is -0.147. The van der Waals surface area contributed by atoms with Gasteiger partial charge in [0.25, 0.3) is 0 Å². The van der Waals surface area contributed by atoms with Crippen LogP contribution in [-0.2, 0) is 9.53 Å². The summed E-state index contributed by atoms with van der Waals surface area (Å²) < 4.78 is 4.92. The zero-order chi connectivity index (χ0) is 12.1. The molecule has 0 aromatic carbocycles. The highest BCUT2D eigenvalue weighted by Gasteiger charge is 2.38. The number of hydrogen-bond donors (Lipinski definition) is 2. The number of esters is 1. The summed E-state index contributed by atoms with van der Waals surface area (Å²) in [5.74, 6) is -0.187. The molecule has 0 aliphatic carbocycles. The Labute approximate surface area is 96.6 Å². The quantitative estimate of drug-likeness (QED) is 0.670. The van der Waals surface area contributed by atoms with E-state index < -0.39 is 18.1 Å². The van der Waals surface area contributed by atoms with Crippen LogP contribution in [-0.4, -0.2) is 35.0 Å². The van der Waals surface area contributed by atoms with Gasteiger partial charge in [-0.25, -0.2) is 0 Å². The van der Waals surface area contributed by atoms with E-state index in [1.807, 2.05) is 0 Å². The molecule has 0 unspecified atom stereocenters. The summed E-state index contributed by atoms with van der Waals surface area (Å²) in [6.07, 6.45) is 2.02. The van der Waals surface area contributed by atoms with Crippen molar-refractivity contribution in [1.29, 1.82) is 0 Å². The van der Waals surface area contributed by atoms with Crippen LogP contribution in [0.4, 0.5) is 0 Å². The van der Waals surface area contributed by atoms with Crippen molar-refractivity contribution in [1.82, 2.24) is 0 Å². The van der Waals surface area contributed by atoms with Crippen molar-refractivity contribution in [2.45, 2.75) is 51.7 Å². The van der Waals surface area contributed by atoms with Crippen molar-refractivity contribution in [3.8, 4) is 0 Å². The van der Waals surface area contributed by atoms with Gasteiger partial charge in [-0.15, -0.1) is 0 Å². The highest BCUT2D eigenvalue weighted by molar-refractivity contribution is 5.75. The molecule has 16 heavy (non-hydrogen) atoms. The van der Waals surface area contributed by atoms with Crippen molar-refractivity contribution in [3.63, 3.8) is 0 Å². The molecule has 1 fully saturated rings. The molecule has 1 aliphatic rings. The number of hydrogen-bond acceptors (Lipinski definition) is 4. The van der Waals surface area contributed by atoms with Crippen LogP contribution in [0.3, 0.4) is 0 Å². The van der Waals surface area contributed by atoms with Crippen LogP contribution in [0.2, 0.25) is 0 Å². The van der Waals surface area contributed by atoms with Crippen LogP contribution >= 0.6 is 0 Å². The lowest BCUT2D eigenvalue weighted by atomic mass is 9.93. The standard InChI is InChI=1S/C12H22O4/c1-8(2)4-3-5-11(14)10-6-9(7-13)16-12(10)15/h8-11,13-14H,3-7H2,1-2H3/t9-,10-,11+/m1/s1. The van der Waals surface area contributed by atoms with Crippen molar-refractivity contribution in [2.75, 3.05) is 6.61 Å². The topological polar surface area (TPSA) is 66.8 Å². The molecule has 4 nitrogen and oxygen atoms in total. The molecule has 4 heteroatoms. The average molecular weight is 230 g/mol. The Morgan fingerprint density at radius 3 is 2.62 bits per heavy atom. The summed E-state index contributed by atoms with van der Waals surface area (Å²) in [5, 5.41) is 18.7. The molecular formula is C12H22O4. The molecule has 0 radical (unpaired) electrons. The predicted octanol–water partition coefficient (Wildman–Crippen LogP) is 1.10. The first-order valence-electron chi connectivity index (χ1n) is 6.04. The highest BCUT2D eigenvalue weighted by atomic mass is 16.6. The van der Waals surface area contributed by atoms with Gasteiger partial charge in [-0.05, 0) is 12.3 Å². The Bertz CT molecular complexity index is 227. The Balaban J connectivity index is 2.31. The lowest BCUT2D eigenvalue weighted by Crippen LogP contribution is -2.24. The van der Waals surface area contributed by atoms with Gasteiger partial charge >= 0.3 is 5.97 Å². The van der Waals surface area contributed by atoms with Crippen molar-refractivity contribution >= 4 is 5.97 Å². The summed E-state index contributed by atoms with van der Waals surface area (Å²) in [6, 6.07) is 0. The number of aliphatic hydroxyl groups excluding tert-OH is 2. The molecule has 3 atom stereocenters. The molecule has 1 saturated heterocycles. The fourth-order valence-electron chi connectivity index (χ4n) is 2.04. The minimum atomic E-state index is -0.622. The van der Waals surface area contributed by atoms with E-state index in [9.17, 15) is 9.90 Å². The second kappa shape index (κ2) is 6.21. The SMILES string of the molecule is CC(C)CCC[C@H](O)[C@H]1C[C@H](CO)OC1=O. The maximum absolute atomic E-state index is 11.4. The number of ether oxygens (including phenoxy) is 1. The fourth-order valence-corrected chi connectivity index (χ4v) is 2.04. The molecule has 2 N–H and O–H groups in total. The third-order valence-electron chi connectivity index (χ3n) is 3.05. The van der Waals surface area contributed by atoms with Gasteiger partial charge < -0.3 is 14.9 Å². The van der Waals surface area contributed by atoms with Gasteiger partial charge in [0.05, 0.1) is 18.6 Å². The number of cyclic esters (lactones) is 1. The highest BCUT2D eigenvalue weighted by Crippen LogP contribution is 2.26. The van der Waals surface area contributed by atoms with Crippen molar-refractivity contribution < 1.29 is 19.7 Å². The summed E-state index contributed by atoms with van der Waals surface area (Å²) in [7, 11) is 0. The zero-order valence-electron chi connectivity index (χ0n) is 10.1. The first-order chi connectivity index (χ1) is 7.54. The zero-order valence-corrected chi connectivity index (χ0v) is 10.1. The summed E-state index contributed by atoms with van der Waals surface area (Å²) in [5.41, 5.74) is 0. The van der Waals surface area contributed by atoms with Gasteiger partial charge in [-0.3, -0.25) is 4.79 Å². The van der Waals surface area contributed by atoms with E-state index in [1.165, 1.54) is 0 Å². The second-order valence-corrected chi connectivity index (χ2v) is 4.98. The maximum Gasteiger partial charge on any atom is 0.312 e. The van der Waals surface area contributed by atoms with Crippen LogP contribution in [0.25, 0.3) is 0 Å². The van der Waals surface area contributed by atoms with Crippen LogP contribution < -0.4 is 0 Å². The molecule has 0 amide bonds. The predicted molar refractivity (Wildman–Crippen MR) is 59.8 cm³/mol. The molecule has 0 saturated carbocycles.